The lowest BCUT2D eigenvalue weighted by atomic mass is 9.81. The maximum atomic E-state index is 13.5. The van der Waals surface area contributed by atoms with Crippen molar-refractivity contribution in [3.63, 3.8) is 0 Å². The summed E-state index contributed by atoms with van der Waals surface area (Å²) in [5, 5.41) is 3.50. The van der Waals surface area contributed by atoms with Gasteiger partial charge in [-0.25, -0.2) is 4.79 Å². The lowest BCUT2D eigenvalue weighted by Crippen LogP contribution is -2.44. The largest absolute Gasteiger partial charge is 0.356 e. The van der Waals surface area contributed by atoms with E-state index in [-0.39, 0.29) is 35.6 Å². The number of rotatable bonds is 8. The first-order valence-electron chi connectivity index (χ1n) is 13.2. The van der Waals surface area contributed by atoms with Gasteiger partial charge in [0.15, 0.2) is 5.78 Å². The number of carbonyl (C=O) groups excluding carboxylic acids is 2. The fourth-order valence-corrected chi connectivity index (χ4v) is 5.05. The Labute approximate surface area is 217 Å². The maximum Gasteiger partial charge on any atom is 0.331 e. The zero-order chi connectivity index (χ0) is 26.6. The van der Waals surface area contributed by atoms with Gasteiger partial charge in [-0.1, -0.05) is 63.2 Å². The van der Waals surface area contributed by atoms with Crippen molar-refractivity contribution < 1.29 is 9.59 Å². The van der Waals surface area contributed by atoms with E-state index in [1.807, 2.05) is 39.0 Å². The molecule has 196 valence electrons. The smallest absolute Gasteiger partial charge is 0.331 e. The predicted octanol–water partition coefficient (Wildman–Crippen LogP) is 3.94. The highest BCUT2D eigenvalue weighted by atomic mass is 16.2. The summed E-state index contributed by atoms with van der Waals surface area (Å²) in [6.45, 7) is 6.33. The first-order valence-corrected chi connectivity index (χ1v) is 13.2. The van der Waals surface area contributed by atoms with Crippen LogP contribution in [-0.2, 0) is 29.1 Å². The second kappa shape index (κ2) is 11.3. The summed E-state index contributed by atoms with van der Waals surface area (Å²) in [6.07, 6.45) is 3.82. The van der Waals surface area contributed by atoms with Crippen molar-refractivity contribution in [2.75, 3.05) is 6.54 Å². The number of ketones is 1. The molecule has 1 N–H and O–H groups in total. The lowest BCUT2D eigenvalue weighted by molar-refractivity contribution is -0.127. The van der Waals surface area contributed by atoms with Crippen LogP contribution in [0.5, 0.6) is 0 Å². The van der Waals surface area contributed by atoms with Gasteiger partial charge >= 0.3 is 5.69 Å². The number of nitrogens with zero attached hydrogens (tertiary/aromatic N) is 2. The van der Waals surface area contributed by atoms with Crippen molar-refractivity contribution in [1.82, 2.24) is 14.5 Å². The summed E-state index contributed by atoms with van der Waals surface area (Å²) in [5.74, 6) is 0.108. The zero-order valence-electron chi connectivity index (χ0n) is 22.0. The Morgan fingerprint density at radius 3 is 2.22 bits per heavy atom. The fourth-order valence-electron chi connectivity index (χ4n) is 5.05. The molecule has 1 aliphatic carbocycles. The van der Waals surface area contributed by atoms with Crippen molar-refractivity contribution in [3.8, 4) is 0 Å². The van der Waals surface area contributed by atoms with E-state index in [1.165, 1.54) is 14.7 Å². The van der Waals surface area contributed by atoms with Gasteiger partial charge in [-0.3, -0.25) is 23.5 Å². The molecule has 0 unspecified atom stereocenters. The summed E-state index contributed by atoms with van der Waals surface area (Å²) in [5.41, 5.74) is 0.328. The van der Waals surface area contributed by atoms with E-state index in [9.17, 15) is 19.2 Å². The first-order chi connectivity index (χ1) is 17.6. The van der Waals surface area contributed by atoms with Gasteiger partial charge in [-0.05, 0) is 55.7 Å². The number of aromatic nitrogens is 2. The molecule has 0 saturated heterocycles. The molecule has 37 heavy (non-hydrogen) atoms. The van der Waals surface area contributed by atoms with Crippen molar-refractivity contribution in [2.45, 2.75) is 66.0 Å². The fraction of sp³-hybridized carbons (Fsp3) is 0.467. The van der Waals surface area contributed by atoms with Gasteiger partial charge in [0.2, 0.25) is 5.91 Å². The van der Waals surface area contributed by atoms with Crippen LogP contribution < -0.4 is 16.6 Å². The van der Waals surface area contributed by atoms with E-state index in [2.05, 4.69) is 17.4 Å². The number of Topliss-reactive ketones (excluding diaryl/α,β-unsaturated/α-hetero) is 1. The van der Waals surface area contributed by atoms with Crippen LogP contribution in [-0.4, -0.2) is 27.4 Å². The van der Waals surface area contributed by atoms with Crippen molar-refractivity contribution in [3.05, 3.63) is 81.0 Å². The molecular formula is C30H37N3O4. The van der Waals surface area contributed by atoms with E-state index in [4.69, 9.17) is 0 Å². The number of amides is 1. The molecule has 0 atom stereocenters. The summed E-state index contributed by atoms with van der Waals surface area (Å²) < 4.78 is 2.74. The highest BCUT2D eigenvalue weighted by Crippen LogP contribution is 2.29. The van der Waals surface area contributed by atoms with Crippen LogP contribution in [0.15, 0.2) is 64.2 Å². The SMILES string of the molecule is CC(C)(C)C(=O)Cn1c(=O)n(CC2CCC(C(=O)NCCc3ccccc3)CC2)c(=O)c2ccccc21. The quantitative estimate of drug-likeness (QED) is 0.504. The van der Waals surface area contributed by atoms with Crippen LogP contribution in [0.1, 0.15) is 52.0 Å². The number of fused-ring (bicyclic) bond motifs is 1. The lowest BCUT2D eigenvalue weighted by Gasteiger charge is -2.28. The molecule has 7 heteroatoms. The van der Waals surface area contributed by atoms with E-state index < -0.39 is 11.1 Å². The van der Waals surface area contributed by atoms with Crippen LogP contribution >= 0.6 is 0 Å². The standard InChI is InChI=1S/C30H37N3O4/c1-30(2,3)26(34)20-32-25-12-8-7-11-24(25)28(36)33(29(32)37)19-22-13-15-23(16-14-22)27(35)31-18-17-21-9-5-4-6-10-21/h4-12,22-23H,13-20H2,1-3H3,(H,31,35). The van der Waals surface area contributed by atoms with Gasteiger partial charge in [0, 0.05) is 24.4 Å². The average molecular weight is 504 g/mol. The van der Waals surface area contributed by atoms with Gasteiger partial charge < -0.3 is 5.32 Å². The normalized spacial score (nSPS) is 18.0. The third-order valence-electron chi connectivity index (χ3n) is 7.48. The number of hydrogen-bond donors (Lipinski definition) is 1. The van der Waals surface area contributed by atoms with Gasteiger partial charge in [-0.15, -0.1) is 0 Å². The predicted molar refractivity (Wildman–Crippen MR) is 146 cm³/mol. The Balaban J connectivity index is 1.43. The van der Waals surface area contributed by atoms with Crippen LogP contribution in [0, 0.1) is 17.3 Å². The summed E-state index contributed by atoms with van der Waals surface area (Å²) >= 11 is 0. The molecule has 3 aromatic rings. The van der Waals surface area contributed by atoms with Crippen LogP contribution in [0.2, 0.25) is 0 Å². The van der Waals surface area contributed by atoms with E-state index in [0.717, 1.165) is 32.1 Å². The van der Waals surface area contributed by atoms with Crippen LogP contribution in [0.4, 0.5) is 0 Å². The van der Waals surface area contributed by atoms with Crippen molar-refractivity contribution in [2.24, 2.45) is 17.3 Å². The second-order valence-corrected chi connectivity index (χ2v) is 11.2. The molecule has 0 radical (unpaired) electrons. The molecule has 1 fully saturated rings. The molecule has 0 aliphatic heterocycles. The molecule has 2 aromatic carbocycles. The highest BCUT2D eigenvalue weighted by molar-refractivity contribution is 5.86. The van der Waals surface area contributed by atoms with Crippen LogP contribution in [0.25, 0.3) is 10.9 Å². The summed E-state index contributed by atoms with van der Waals surface area (Å²) in [7, 11) is 0. The third-order valence-corrected chi connectivity index (χ3v) is 7.48. The van der Waals surface area contributed by atoms with Crippen LogP contribution in [0.3, 0.4) is 0 Å². The van der Waals surface area contributed by atoms with Gasteiger partial charge in [0.25, 0.3) is 5.56 Å². The second-order valence-electron chi connectivity index (χ2n) is 11.2. The van der Waals surface area contributed by atoms with Gasteiger partial charge in [0.05, 0.1) is 17.4 Å². The number of carbonyl (C=O) groups is 2. The van der Waals surface area contributed by atoms with E-state index in [1.54, 1.807) is 24.3 Å². The number of benzene rings is 2. The molecule has 1 saturated carbocycles. The Hall–Kier alpha value is -3.48. The Bertz CT molecular complexity index is 1370. The van der Waals surface area contributed by atoms with Crippen molar-refractivity contribution >= 4 is 22.6 Å². The topological polar surface area (TPSA) is 90.2 Å². The van der Waals surface area contributed by atoms with Gasteiger partial charge in [-0.2, -0.15) is 0 Å². The number of nitrogens with one attached hydrogen (secondary N) is 1. The molecular weight excluding hydrogens is 466 g/mol. The minimum Gasteiger partial charge on any atom is -0.356 e. The maximum absolute atomic E-state index is 13.5. The molecule has 1 aromatic heterocycles. The monoisotopic (exact) mass is 503 g/mol. The summed E-state index contributed by atoms with van der Waals surface area (Å²) in [4.78, 5) is 52.2. The first kappa shape index (κ1) is 26.6. The minimum atomic E-state index is -0.596. The van der Waals surface area contributed by atoms with Crippen molar-refractivity contribution in [1.29, 1.82) is 0 Å². The molecule has 4 rings (SSSR count). The molecule has 7 nitrogen and oxygen atoms in total. The third kappa shape index (κ3) is 6.27. The number of hydrogen-bond acceptors (Lipinski definition) is 4. The Kier molecular flexibility index (Phi) is 8.10. The number of para-hydroxylation sites is 1. The van der Waals surface area contributed by atoms with E-state index in [0.29, 0.717) is 24.0 Å². The zero-order valence-corrected chi connectivity index (χ0v) is 22.0. The minimum absolute atomic E-state index is 0.0404. The Morgan fingerprint density at radius 1 is 0.892 bits per heavy atom. The summed E-state index contributed by atoms with van der Waals surface area (Å²) in [6, 6.07) is 17.1. The highest BCUT2D eigenvalue weighted by Gasteiger charge is 2.28. The van der Waals surface area contributed by atoms with E-state index >= 15 is 0 Å². The Morgan fingerprint density at radius 2 is 1.54 bits per heavy atom. The average Bonchev–Trinajstić information content (AvgIpc) is 2.89. The molecule has 1 amide bonds. The molecule has 1 aliphatic rings. The molecule has 0 spiro atoms. The van der Waals surface area contributed by atoms with Gasteiger partial charge in [0.1, 0.15) is 0 Å². The molecule has 0 bridgehead atoms. The molecule has 1 heterocycles.